The molecule has 3 nitrogen and oxygen atoms in total. The molecular formula is C24H31FN2O. The molecule has 3 rings (SSSR count). The Hall–Kier alpha value is -2.33. The SMILES string of the molecule is C=C(OC)C(CC(F)c1cccc(N2CCN(CC)CC2)c1)c1ccccc1. The number of hydrogen-bond donors (Lipinski definition) is 0. The maximum Gasteiger partial charge on any atom is 0.126 e. The molecule has 0 saturated carbocycles. The van der Waals surface area contributed by atoms with Crippen molar-refractivity contribution in [3.8, 4) is 0 Å². The molecule has 2 aromatic carbocycles. The number of benzene rings is 2. The van der Waals surface area contributed by atoms with Gasteiger partial charge >= 0.3 is 0 Å². The Labute approximate surface area is 168 Å². The van der Waals surface area contributed by atoms with Crippen LogP contribution in [0.25, 0.3) is 0 Å². The van der Waals surface area contributed by atoms with Crippen LogP contribution in [0.3, 0.4) is 0 Å². The molecule has 4 heteroatoms. The molecule has 28 heavy (non-hydrogen) atoms. The fraction of sp³-hybridized carbons (Fsp3) is 0.417. The molecule has 1 aliphatic heterocycles. The van der Waals surface area contributed by atoms with E-state index in [1.165, 1.54) is 0 Å². The molecule has 1 heterocycles. The second kappa shape index (κ2) is 9.74. The summed E-state index contributed by atoms with van der Waals surface area (Å²) in [5, 5.41) is 0. The van der Waals surface area contributed by atoms with E-state index in [-0.39, 0.29) is 5.92 Å². The van der Waals surface area contributed by atoms with Crippen LogP contribution in [0.5, 0.6) is 0 Å². The van der Waals surface area contributed by atoms with Crippen molar-refractivity contribution in [2.24, 2.45) is 0 Å². The van der Waals surface area contributed by atoms with Gasteiger partial charge in [-0.3, -0.25) is 0 Å². The molecule has 0 radical (unpaired) electrons. The van der Waals surface area contributed by atoms with E-state index in [9.17, 15) is 0 Å². The molecule has 0 spiro atoms. The fourth-order valence-electron chi connectivity index (χ4n) is 3.86. The van der Waals surface area contributed by atoms with E-state index in [0.29, 0.717) is 12.2 Å². The van der Waals surface area contributed by atoms with Gasteiger partial charge in [-0.1, -0.05) is 56.0 Å². The number of piperazine rings is 1. The minimum Gasteiger partial charge on any atom is -0.501 e. The number of halogens is 1. The van der Waals surface area contributed by atoms with Crippen molar-refractivity contribution in [1.29, 1.82) is 0 Å². The van der Waals surface area contributed by atoms with Crippen molar-refractivity contribution in [3.63, 3.8) is 0 Å². The van der Waals surface area contributed by atoms with Crippen LogP contribution in [0.2, 0.25) is 0 Å². The average Bonchev–Trinajstić information content (AvgIpc) is 2.77. The quantitative estimate of drug-likeness (QED) is 0.586. The standard InChI is InChI=1S/C24H31FN2O/c1-4-26-13-15-27(16-14-26)22-12-8-11-21(17-22)24(25)18-23(19(2)28-3)20-9-6-5-7-10-20/h5-12,17,23-24H,2,4,13-16,18H2,1,3H3. The lowest BCUT2D eigenvalue weighted by molar-refractivity contribution is 0.234. The van der Waals surface area contributed by atoms with Gasteiger partial charge < -0.3 is 14.5 Å². The molecule has 1 fully saturated rings. The molecule has 1 aliphatic rings. The second-order valence-corrected chi connectivity index (χ2v) is 7.35. The molecule has 150 valence electrons. The number of methoxy groups -OCH3 is 1. The van der Waals surface area contributed by atoms with Crippen LogP contribution >= 0.6 is 0 Å². The summed E-state index contributed by atoms with van der Waals surface area (Å²) >= 11 is 0. The zero-order valence-electron chi connectivity index (χ0n) is 17.0. The highest BCUT2D eigenvalue weighted by molar-refractivity contribution is 5.49. The van der Waals surface area contributed by atoms with Gasteiger partial charge in [-0.05, 0) is 36.2 Å². The van der Waals surface area contributed by atoms with E-state index in [1.54, 1.807) is 7.11 Å². The minimum atomic E-state index is -1.08. The lowest BCUT2D eigenvalue weighted by Crippen LogP contribution is -2.46. The molecule has 0 aromatic heterocycles. The van der Waals surface area contributed by atoms with Gasteiger partial charge in [0.05, 0.1) is 12.9 Å². The Kier molecular flexibility index (Phi) is 7.10. The summed E-state index contributed by atoms with van der Waals surface area (Å²) in [6.45, 7) is 11.4. The van der Waals surface area contributed by atoms with Gasteiger partial charge in [0.15, 0.2) is 0 Å². The number of nitrogens with zero attached hydrogens (tertiary/aromatic N) is 2. The molecule has 2 aromatic rings. The summed E-state index contributed by atoms with van der Waals surface area (Å²) in [5.74, 6) is 0.429. The van der Waals surface area contributed by atoms with Crippen molar-refractivity contribution < 1.29 is 9.13 Å². The Morgan fingerprint density at radius 2 is 1.71 bits per heavy atom. The van der Waals surface area contributed by atoms with Gasteiger partial charge in [-0.2, -0.15) is 0 Å². The van der Waals surface area contributed by atoms with Gasteiger partial charge in [0.2, 0.25) is 0 Å². The van der Waals surface area contributed by atoms with Crippen LogP contribution in [0, 0.1) is 0 Å². The summed E-state index contributed by atoms with van der Waals surface area (Å²) in [7, 11) is 1.60. The monoisotopic (exact) mass is 382 g/mol. The lowest BCUT2D eigenvalue weighted by Gasteiger charge is -2.35. The van der Waals surface area contributed by atoms with E-state index in [4.69, 9.17) is 4.74 Å². The molecule has 0 N–H and O–H groups in total. The topological polar surface area (TPSA) is 15.7 Å². The number of alkyl halides is 1. The highest BCUT2D eigenvalue weighted by Crippen LogP contribution is 2.36. The summed E-state index contributed by atoms with van der Waals surface area (Å²) < 4.78 is 20.7. The van der Waals surface area contributed by atoms with E-state index >= 15 is 4.39 Å². The molecule has 0 amide bonds. The van der Waals surface area contributed by atoms with Crippen LogP contribution in [0.4, 0.5) is 10.1 Å². The number of hydrogen-bond acceptors (Lipinski definition) is 3. The summed E-state index contributed by atoms with van der Waals surface area (Å²) in [5.41, 5.74) is 2.86. The van der Waals surface area contributed by atoms with E-state index in [1.807, 2.05) is 48.5 Å². The number of ether oxygens (including phenoxy) is 1. The van der Waals surface area contributed by atoms with E-state index in [0.717, 1.165) is 49.5 Å². The van der Waals surface area contributed by atoms with Crippen LogP contribution in [0.1, 0.15) is 36.6 Å². The van der Waals surface area contributed by atoms with Gasteiger partial charge in [0, 0.05) is 37.8 Å². The predicted molar refractivity (Wildman–Crippen MR) is 115 cm³/mol. The number of rotatable bonds is 8. The summed E-state index contributed by atoms with van der Waals surface area (Å²) in [6, 6.07) is 17.8. The van der Waals surface area contributed by atoms with Gasteiger partial charge in [-0.15, -0.1) is 0 Å². The smallest absolute Gasteiger partial charge is 0.126 e. The summed E-state index contributed by atoms with van der Waals surface area (Å²) in [6.07, 6.45) is -0.752. The van der Waals surface area contributed by atoms with Gasteiger partial charge in [-0.25, -0.2) is 4.39 Å². The minimum absolute atomic E-state index is 0.169. The van der Waals surface area contributed by atoms with Crippen LogP contribution in [-0.2, 0) is 4.74 Å². The lowest BCUT2D eigenvalue weighted by atomic mass is 9.90. The van der Waals surface area contributed by atoms with Crippen molar-refractivity contribution in [2.75, 3.05) is 44.7 Å². The number of likely N-dealkylation sites (N-methyl/N-ethyl adjacent to an activating group) is 1. The van der Waals surface area contributed by atoms with Crippen molar-refractivity contribution in [1.82, 2.24) is 4.90 Å². The normalized spacial score (nSPS) is 17.2. The van der Waals surface area contributed by atoms with Crippen molar-refractivity contribution in [3.05, 3.63) is 78.1 Å². The third-order valence-corrected chi connectivity index (χ3v) is 5.71. The van der Waals surface area contributed by atoms with Crippen LogP contribution in [0.15, 0.2) is 66.9 Å². The third kappa shape index (κ3) is 4.93. The van der Waals surface area contributed by atoms with E-state index in [2.05, 4.69) is 29.4 Å². The number of anilines is 1. The maximum absolute atomic E-state index is 15.3. The molecule has 2 atom stereocenters. The highest BCUT2D eigenvalue weighted by Gasteiger charge is 2.23. The summed E-state index contributed by atoms with van der Waals surface area (Å²) in [4.78, 5) is 4.80. The van der Waals surface area contributed by atoms with Gasteiger partial charge in [0.25, 0.3) is 0 Å². The molecule has 0 aliphatic carbocycles. The molecular weight excluding hydrogens is 351 g/mol. The zero-order valence-corrected chi connectivity index (χ0v) is 17.0. The zero-order chi connectivity index (χ0) is 19.9. The highest BCUT2D eigenvalue weighted by atomic mass is 19.1. The predicted octanol–water partition coefficient (Wildman–Crippen LogP) is 5.17. The van der Waals surface area contributed by atoms with Crippen LogP contribution in [-0.4, -0.2) is 44.7 Å². The second-order valence-electron chi connectivity index (χ2n) is 7.35. The average molecular weight is 383 g/mol. The Morgan fingerprint density at radius 1 is 1.04 bits per heavy atom. The first-order valence-electron chi connectivity index (χ1n) is 10.1. The first-order valence-corrected chi connectivity index (χ1v) is 10.1. The van der Waals surface area contributed by atoms with Crippen molar-refractivity contribution in [2.45, 2.75) is 25.4 Å². The Morgan fingerprint density at radius 3 is 2.36 bits per heavy atom. The largest absolute Gasteiger partial charge is 0.501 e. The van der Waals surface area contributed by atoms with E-state index < -0.39 is 6.17 Å². The molecule has 0 bridgehead atoms. The third-order valence-electron chi connectivity index (χ3n) is 5.71. The van der Waals surface area contributed by atoms with Gasteiger partial charge in [0.1, 0.15) is 6.17 Å². The first kappa shape index (κ1) is 20.4. The Balaban J connectivity index is 1.73. The van der Waals surface area contributed by atoms with Crippen LogP contribution < -0.4 is 4.90 Å². The first-order chi connectivity index (χ1) is 13.6. The number of allylic oxidation sites excluding steroid dienone is 1. The van der Waals surface area contributed by atoms with Crippen molar-refractivity contribution >= 4 is 5.69 Å². The fourth-order valence-corrected chi connectivity index (χ4v) is 3.86. The molecule has 2 unspecified atom stereocenters. The maximum atomic E-state index is 15.3. The molecule has 1 saturated heterocycles. The Bertz CT molecular complexity index is 756.